The molecular formula is C14H18N4O2S. The van der Waals surface area contributed by atoms with Crippen molar-refractivity contribution in [3.8, 4) is 0 Å². The first kappa shape index (κ1) is 14.2. The average Bonchev–Trinajstić information content (AvgIpc) is 3.00. The highest BCUT2D eigenvalue weighted by atomic mass is 32.2. The van der Waals surface area contributed by atoms with Crippen molar-refractivity contribution in [2.45, 2.75) is 44.2 Å². The summed E-state index contributed by atoms with van der Waals surface area (Å²) in [6, 6.07) is 6.53. The Bertz CT molecular complexity index is 767. The van der Waals surface area contributed by atoms with E-state index in [0.29, 0.717) is 10.7 Å². The normalized spacial score (nSPS) is 15.9. The molecule has 1 unspecified atom stereocenters. The minimum absolute atomic E-state index is 0.304. The summed E-state index contributed by atoms with van der Waals surface area (Å²) in [7, 11) is -3.56. The highest BCUT2D eigenvalue weighted by Crippen LogP contribution is 2.21. The third-order valence-electron chi connectivity index (χ3n) is 3.74. The zero-order valence-electron chi connectivity index (χ0n) is 12.1. The lowest BCUT2D eigenvalue weighted by Crippen LogP contribution is -2.29. The van der Waals surface area contributed by atoms with E-state index in [2.05, 4.69) is 14.9 Å². The number of benzene rings is 1. The Balaban J connectivity index is 1.87. The van der Waals surface area contributed by atoms with Gasteiger partial charge in [-0.1, -0.05) is 18.2 Å². The third kappa shape index (κ3) is 2.58. The molecule has 7 heteroatoms. The van der Waals surface area contributed by atoms with Crippen LogP contribution in [0.15, 0.2) is 29.2 Å². The Labute approximate surface area is 124 Å². The first-order valence-corrected chi connectivity index (χ1v) is 8.47. The molecule has 0 spiro atoms. The van der Waals surface area contributed by atoms with Gasteiger partial charge in [-0.25, -0.2) is 13.1 Å². The molecule has 0 aliphatic carbocycles. The summed E-state index contributed by atoms with van der Waals surface area (Å²) in [5.41, 5.74) is 0.726. The molecule has 1 atom stereocenters. The van der Waals surface area contributed by atoms with Gasteiger partial charge in [0.2, 0.25) is 10.0 Å². The van der Waals surface area contributed by atoms with Gasteiger partial charge < -0.3 is 4.57 Å². The van der Waals surface area contributed by atoms with Crippen LogP contribution in [0, 0.1) is 6.92 Å². The van der Waals surface area contributed by atoms with Crippen LogP contribution in [0.3, 0.4) is 0 Å². The van der Waals surface area contributed by atoms with Crippen LogP contribution in [0.2, 0.25) is 0 Å². The van der Waals surface area contributed by atoms with Crippen molar-refractivity contribution >= 4 is 10.0 Å². The van der Waals surface area contributed by atoms with E-state index in [4.69, 9.17) is 0 Å². The lowest BCUT2D eigenvalue weighted by atomic mass is 10.2. The number of fused-ring (bicyclic) bond motifs is 1. The molecule has 21 heavy (non-hydrogen) atoms. The van der Waals surface area contributed by atoms with Crippen LogP contribution in [0.4, 0.5) is 0 Å². The summed E-state index contributed by atoms with van der Waals surface area (Å²) in [5.74, 6) is 1.62. The van der Waals surface area contributed by atoms with E-state index in [1.54, 1.807) is 32.0 Å². The number of nitrogens with zero attached hydrogens (tertiary/aromatic N) is 3. The fraction of sp³-hybridized carbons (Fsp3) is 0.429. The lowest BCUT2D eigenvalue weighted by molar-refractivity contribution is 0.545. The van der Waals surface area contributed by atoms with Gasteiger partial charge in [-0.15, -0.1) is 10.2 Å². The SMILES string of the molecule is Cc1ccccc1S(=O)(=O)NC(C)c1nnc2n1CCC2. The van der Waals surface area contributed by atoms with E-state index >= 15 is 0 Å². The topological polar surface area (TPSA) is 76.9 Å². The molecule has 0 saturated heterocycles. The maximum Gasteiger partial charge on any atom is 0.241 e. The average molecular weight is 306 g/mol. The maximum absolute atomic E-state index is 12.5. The van der Waals surface area contributed by atoms with Crippen LogP contribution >= 0.6 is 0 Å². The molecule has 1 N–H and O–H groups in total. The predicted molar refractivity (Wildman–Crippen MR) is 78.3 cm³/mol. The number of sulfonamides is 1. The minimum atomic E-state index is -3.56. The predicted octanol–water partition coefficient (Wildman–Crippen LogP) is 1.57. The fourth-order valence-electron chi connectivity index (χ4n) is 2.70. The molecule has 0 saturated carbocycles. The van der Waals surface area contributed by atoms with Crippen LogP contribution in [0.1, 0.15) is 36.6 Å². The zero-order valence-corrected chi connectivity index (χ0v) is 12.9. The van der Waals surface area contributed by atoms with Gasteiger partial charge in [0.15, 0.2) is 5.82 Å². The molecule has 6 nitrogen and oxygen atoms in total. The summed E-state index contributed by atoms with van der Waals surface area (Å²) in [4.78, 5) is 0.304. The number of hydrogen-bond donors (Lipinski definition) is 1. The number of rotatable bonds is 4. The molecular weight excluding hydrogens is 288 g/mol. The van der Waals surface area contributed by atoms with Crippen molar-refractivity contribution in [2.75, 3.05) is 0 Å². The Morgan fingerprint density at radius 3 is 2.81 bits per heavy atom. The summed E-state index contributed by atoms with van der Waals surface area (Å²) < 4.78 is 29.7. The van der Waals surface area contributed by atoms with E-state index in [-0.39, 0.29) is 0 Å². The monoisotopic (exact) mass is 306 g/mol. The maximum atomic E-state index is 12.5. The highest BCUT2D eigenvalue weighted by molar-refractivity contribution is 7.89. The number of hydrogen-bond acceptors (Lipinski definition) is 4. The lowest BCUT2D eigenvalue weighted by Gasteiger charge is -2.15. The smallest absolute Gasteiger partial charge is 0.241 e. The second-order valence-electron chi connectivity index (χ2n) is 5.34. The first-order valence-electron chi connectivity index (χ1n) is 6.99. The second kappa shape index (κ2) is 5.23. The molecule has 1 aliphatic rings. The van der Waals surface area contributed by atoms with E-state index in [0.717, 1.165) is 30.8 Å². The number of aromatic nitrogens is 3. The van der Waals surface area contributed by atoms with Crippen LogP contribution < -0.4 is 4.72 Å². The number of aryl methyl sites for hydroxylation is 2. The van der Waals surface area contributed by atoms with Gasteiger partial charge in [0, 0.05) is 13.0 Å². The van der Waals surface area contributed by atoms with Crippen molar-refractivity contribution in [2.24, 2.45) is 0 Å². The van der Waals surface area contributed by atoms with Gasteiger partial charge in [0.05, 0.1) is 10.9 Å². The van der Waals surface area contributed by atoms with Crippen LogP contribution in [-0.2, 0) is 23.0 Å². The minimum Gasteiger partial charge on any atom is -0.314 e. The van der Waals surface area contributed by atoms with Crippen LogP contribution in [-0.4, -0.2) is 23.2 Å². The molecule has 0 fully saturated rings. The van der Waals surface area contributed by atoms with E-state index < -0.39 is 16.1 Å². The van der Waals surface area contributed by atoms with Crippen molar-refractivity contribution in [1.82, 2.24) is 19.5 Å². The first-order chi connectivity index (χ1) is 9.99. The molecule has 3 rings (SSSR count). The van der Waals surface area contributed by atoms with Gasteiger partial charge in [-0.05, 0) is 31.9 Å². The third-order valence-corrected chi connectivity index (χ3v) is 5.44. The molecule has 1 aromatic heterocycles. The van der Waals surface area contributed by atoms with Gasteiger partial charge in [0.25, 0.3) is 0 Å². The van der Waals surface area contributed by atoms with Gasteiger partial charge in [0.1, 0.15) is 5.82 Å². The van der Waals surface area contributed by atoms with Crippen LogP contribution in [0.5, 0.6) is 0 Å². The van der Waals surface area contributed by atoms with Crippen molar-refractivity contribution < 1.29 is 8.42 Å². The summed E-state index contributed by atoms with van der Waals surface area (Å²) in [6.07, 6.45) is 1.94. The molecule has 0 amide bonds. The van der Waals surface area contributed by atoms with Gasteiger partial charge in [-0.3, -0.25) is 0 Å². The van der Waals surface area contributed by atoms with E-state index in [1.807, 2.05) is 10.6 Å². The highest BCUT2D eigenvalue weighted by Gasteiger charge is 2.25. The fourth-order valence-corrected chi connectivity index (χ4v) is 4.15. The van der Waals surface area contributed by atoms with Crippen LogP contribution in [0.25, 0.3) is 0 Å². The second-order valence-corrected chi connectivity index (χ2v) is 7.02. The standard InChI is InChI=1S/C14H18N4O2S/c1-10-6-3-4-7-12(10)21(19,20)17-11(2)14-16-15-13-8-5-9-18(13)14/h3-4,6-7,11,17H,5,8-9H2,1-2H3. The van der Waals surface area contributed by atoms with E-state index in [9.17, 15) is 8.42 Å². The molecule has 112 valence electrons. The molecule has 2 heterocycles. The van der Waals surface area contributed by atoms with Crippen molar-refractivity contribution in [3.05, 3.63) is 41.5 Å². The van der Waals surface area contributed by atoms with Gasteiger partial charge >= 0.3 is 0 Å². The Kier molecular flexibility index (Phi) is 3.54. The summed E-state index contributed by atoms with van der Waals surface area (Å²) in [6.45, 7) is 4.44. The molecule has 2 aromatic rings. The molecule has 0 bridgehead atoms. The van der Waals surface area contributed by atoms with Gasteiger partial charge in [-0.2, -0.15) is 0 Å². The summed E-state index contributed by atoms with van der Waals surface area (Å²) >= 11 is 0. The molecule has 1 aliphatic heterocycles. The Hall–Kier alpha value is -1.73. The van der Waals surface area contributed by atoms with E-state index in [1.165, 1.54) is 0 Å². The zero-order chi connectivity index (χ0) is 15.0. The molecule has 0 radical (unpaired) electrons. The quantitative estimate of drug-likeness (QED) is 0.930. The Morgan fingerprint density at radius 1 is 1.29 bits per heavy atom. The van der Waals surface area contributed by atoms with Crippen molar-refractivity contribution in [1.29, 1.82) is 0 Å². The van der Waals surface area contributed by atoms with Crippen molar-refractivity contribution in [3.63, 3.8) is 0 Å². The largest absolute Gasteiger partial charge is 0.314 e. The number of nitrogens with one attached hydrogen (secondary N) is 1. The molecule has 1 aromatic carbocycles. The Morgan fingerprint density at radius 2 is 2.05 bits per heavy atom. The summed E-state index contributed by atoms with van der Waals surface area (Å²) in [5, 5.41) is 8.24.